The number of carbonyl (C=O) groups excluding carboxylic acids is 2. The predicted octanol–water partition coefficient (Wildman–Crippen LogP) is 5.57. The number of benzene rings is 3. The molecule has 4 N–H and O–H groups in total. The van der Waals surface area contributed by atoms with Gasteiger partial charge in [-0.05, 0) is 55.3 Å². The molecule has 0 radical (unpaired) electrons. The second-order valence-electron chi connectivity index (χ2n) is 8.98. The van der Waals surface area contributed by atoms with Crippen molar-refractivity contribution >= 4 is 61.3 Å². The van der Waals surface area contributed by atoms with Crippen LogP contribution in [0, 0.1) is 0 Å². The van der Waals surface area contributed by atoms with Gasteiger partial charge in [0.2, 0.25) is 11.3 Å². The summed E-state index contributed by atoms with van der Waals surface area (Å²) < 4.78 is 0.963. The van der Waals surface area contributed by atoms with E-state index in [1.54, 1.807) is 34.7 Å². The Morgan fingerprint density at radius 2 is 1.82 bits per heavy atom. The maximum atomic E-state index is 13.7. The van der Waals surface area contributed by atoms with Crippen molar-refractivity contribution in [1.29, 1.82) is 0 Å². The van der Waals surface area contributed by atoms with E-state index in [0.29, 0.717) is 53.8 Å². The predicted molar refractivity (Wildman–Crippen MR) is 154 cm³/mol. The first-order chi connectivity index (χ1) is 18.5. The third kappa shape index (κ3) is 5.42. The van der Waals surface area contributed by atoms with Crippen molar-refractivity contribution in [2.45, 2.75) is 25.7 Å². The summed E-state index contributed by atoms with van der Waals surface area (Å²) in [6.07, 6.45) is 3.90. The number of nitrogens with two attached hydrogens (primary N) is 1. The Morgan fingerprint density at radius 1 is 1.00 bits per heavy atom. The van der Waals surface area contributed by atoms with Crippen molar-refractivity contribution in [2.24, 2.45) is 0 Å². The van der Waals surface area contributed by atoms with Crippen LogP contribution < -0.4 is 21.4 Å². The highest BCUT2D eigenvalue weighted by molar-refractivity contribution is 7.16. The van der Waals surface area contributed by atoms with Crippen LogP contribution in [0.1, 0.15) is 36.0 Å². The number of para-hydroxylation sites is 3. The van der Waals surface area contributed by atoms with E-state index in [-0.39, 0.29) is 22.8 Å². The molecule has 0 saturated heterocycles. The number of nitrogens with one attached hydrogen (secondary N) is 2. The lowest BCUT2D eigenvalue weighted by Gasteiger charge is -2.23. The molecule has 0 unspecified atom stereocenters. The Kier molecular flexibility index (Phi) is 7.46. The van der Waals surface area contributed by atoms with Gasteiger partial charge in [0.05, 0.1) is 27.1 Å². The summed E-state index contributed by atoms with van der Waals surface area (Å²) in [5.41, 5.74) is 10.8. The Balaban J connectivity index is 1.29. The molecule has 8 nitrogen and oxygen atoms in total. The number of anilines is 3. The van der Waals surface area contributed by atoms with Crippen molar-refractivity contribution in [1.82, 2.24) is 9.97 Å². The summed E-state index contributed by atoms with van der Waals surface area (Å²) >= 11 is 1.50. The van der Waals surface area contributed by atoms with Crippen LogP contribution in [0.3, 0.4) is 0 Å². The number of rotatable bonds is 9. The molecule has 9 heteroatoms. The number of unbranched alkanes of at least 4 members (excludes halogenated alkanes) is 2. The molecule has 0 aliphatic carbocycles. The fourth-order valence-corrected chi connectivity index (χ4v) is 5.10. The van der Waals surface area contributed by atoms with Gasteiger partial charge in [-0.3, -0.25) is 14.4 Å². The maximum absolute atomic E-state index is 13.7. The van der Waals surface area contributed by atoms with E-state index in [4.69, 9.17) is 5.73 Å². The Labute approximate surface area is 223 Å². The average Bonchev–Trinajstić information content (AvgIpc) is 3.40. The largest absolute Gasteiger partial charge is 0.397 e. The van der Waals surface area contributed by atoms with Crippen molar-refractivity contribution in [3.63, 3.8) is 0 Å². The Hall–Kier alpha value is -4.50. The molecular formula is C29H27N5O3S. The number of hydrogen-bond acceptors (Lipinski definition) is 6. The summed E-state index contributed by atoms with van der Waals surface area (Å²) in [5, 5.41) is 3.31. The van der Waals surface area contributed by atoms with Gasteiger partial charge in [0.15, 0.2) is 0 Å². The van der Waals surface area contributed by atoms with Gasteiger partial charge in [-0.1, -0.05) is 30.7 Å². The zero-order valence-corrected chi connectivity index (χ0v) is 21.5. The van der Waals surface area contributed by atoms with Crippen LogP contribution in [0.5, 0.6) is 0 Å². The van der Waals surface area contributed by atoms with Gasteiger partial charge in [-0.15, -0.1) is 11.3 Å². The van der Waals surface area contributed by atoms with Crippen molar-refractivity contribution in [3.05, 3.63) is 94.2 Å². The normalized spacial score (nSPS) is 11.1. The van der Waals surface area contributed by atoms with Crippen LogP contribution in [0.15, 0.2) is 83.2 Å². The smallest absolute Gasteiger partial charge is 0.263 e. The zero-order valence-electron chi connectivity index (χ0n) is 20.6. The molecule has 0 spiro atoms. The van der Waals surface area contributed by atoms with Crippen LogP contribution in [-0.2, 0) is 4.79 Å². The second kappa shape index (κ2) is 11.3. The van der Waals surface area contributed by atoms with E-state index in [1.807, 2.05) is 42.5 Å². The number of aromatic amines is 1. The molecule has 0 fully saturated rings. The summed E-state index contributed by atoms with van der Waals surface area (Å²) in [4.78, 5) is 48.3. The van der Waals surface area contributed by atoms with Gasteiger partial charge in [0.1, 0.15) is 5.56 Å². The number of hydrogen-bond donors (Lipinski definition) is 3. The molecule has 0 saturated carbocycles. The highest BCUT2D eigenvalue weighted by atomic mass is 32.1. The van der Waals surface area contributed by atoms with Crippen molar-refractivity contribution in [3.8, 4) is 0 Å². The van der Waals surface area contributed by atoms with E-state index in [2.05, 4.69) is 15.3 Å². The minimum Gasteiger partial charge on any atom is -0.397 e. The number of pyridine rings is 1. The minimum atomic E-state index is -0.363. The number of nitrogen functional groups attached to an aromatic ring is 1. The molecule has 192 valence electrons. The maximum Gasteiger partial charge on any atom is 0.263 e. The average molecular weight is 526 g/mol. The first-order valence-electron chi connectivity index (χ1n) is 12.4. The molecule has 5 rings (SSSR count). The molecule has 3 aromatic carbocycles. The molecule has 0 aliphatic heterocycles. The summed E-state index contributed by atoms with van der Waals surface area (Å²) in [6.45, 7) is 0.405. The number of H-pyrrole nitrogens is 1. The first-order valence-corrected chi connectivity index (χ1v) is 13.3. The highest BCUT2D eigenvalue weighted by Gasteiger charge is 2.22. The Bertz CT molecular complexity index is 1680. The van der Waals surface area contributed by atoms with Crippen molar-refractivity contribution in [2.75, 3.05) is 22.5 Å². The molecule has 2 aromatic heterocycles. The zero-order chi connectivity index (χ0) is 26.5. The van der Waals surface area contributed by atoms with E-state index >= 15 is 0 Å². The lowest BCUT2D eigenvalue weighted by molar-refractivity contribution is -0.116. The fraction of sp³-hybridized carbons (Fsp3) is 0.172. The molecule has 38 heavy (non-hydrogen) atoms. The topological polar surface area (TPSA) is 121 Å². The van der Waals surface area contributed by atoms with E-state index in [9.17, 15) is 14.4 Å². The fourth-order valence-electron chi connectivity index (χ4n) is 4.39. The second-order valence-corrected chi connectivity index (χ2v) is 9.87. The lowest BCUT2D eigenvalue weighted by atomic mass is 10.1. The molecule has 5 aromatic rings. The lowest BCUT2D eigenvalue weighted by Crippen LogP contribution is -2.35. The molecule has 0 bridgehead atoms. The molecule has 0 aliphatic rings. The van der Waals surface area contributed by atoms with E-state index < -0.39 is 0 Å². The van der Waals surface area contributed by atoms with Gasteiger partial charge in [-0.2, -0.15) is 0 Å². The van der Waals surface area contributed by atoms with E-state index in [0.717, 1.165) is 16.6 Å². The number of amides is 2. The third-order valence-corrected chi connectivity index (χ3v) is 7.20. The standard InChI is InChI=1S/C29H27N5O3S/c30-22-9-4-6-11-24(22)33-27(35)12-2-1-7-15-34(19-13-14-25-26(16-19)38-18-32-25)29(37)21-17-31-23-10-5-3-8-20(23)28(21)36/h3-6,8-11,13-14,16-18H,1-2,7,12,15,30H2,(H,31,36)(H,33,35). The van der Waals surface area contributed by atoms with Crippen LogP contribution in [0.25, 0.3) is 21.1 Å². The van der Waals surface area contributed by atoms with Crippen molar-refractivity contribution < 1.29 is 9.59 Å². The van der Waals surface area contributed by atoms with Gasteiger partial charge >= 0.3 is 0 Å². The minimum absolute atomic E-state index is 0.0907. The number of thiazole rings is 1. The number of fused-ring (bicyclic) bond motifs is 2. The van der Waals surface area contributed by atoms with Gasteiger partial charge in [0, 0.05) is 35.8 Å². The highest BCUT2D eigenvalue weighted by Crippen LogP contribution is 2.26. The Morgan fingerprint density at radius 3 is 2.68 bits per heavy atom. The summed E-state index contributed by atoms with van der Waals surface area (Å²) in [7, 11) is 0. The first kappa shape index (κ1) is 25.2. The van der Waals surface area contributed by atoms with Crippen LogP contribution in [0.2, 0.25) is 0 Å². The van der Waals surface area contributed by atoms with Gasteiger partial charge < -0.3 is 20.9 Å². The van der Waals surface area contributed by atoms with E-state index in [1.165, 1.54) is 17.5 Å². The molecule has 0 atom stereocenters. The number of aromatic nitrogens is 2. The summed E-state index contributed by atoms with van der Waals surface area (Å²) in [6, 6.07) is 20.0. The quantitative estimate of drug-likeness (QED) is 0.172. The van der Waals surface area contributed by atoms with Gasteiger partial charge in [0.25, 0.3) is 5.91 Å². The number of nitrogens with zero attached hydrogens (tertiary/aromatic N) is 2. The SMILES string of the molecule is Nc1ccccc1NC(=O)CCCCCN(C(=O)c1c[nH]c2ccccc2c1=O)c1ccc2ncsc2c1. The number of carbonyl (C=O) groups is 2. The monoisotopic (exact) mass is 525 g/mol. The molecule has 2 amide bonds. The molecular weight excluding hydrogens is 498 g/mol. The van der Waals surface area contributed by atoms with Crippen LogP contribution >= 0.6 is 11.3 Å². The molecule has 2 heterocycles. The van der Waals surface area contributed by atoms with Crippen LogP contribution in [-0.4, -0.2) is 28.3 Å². The summed E-state index contributed by atoms with van der Waals surface area (Å²) in [5.74, 6) is -0.465. The van der Waals surface area contributed by atoms with Crippen LogP contribution in [0.4, 0.5) is 17.1 Å². The van der Waals surface area contributed by atoms with Gasteiger partial charge in [-0.25, -0.2) is 4.98 Å². The third-order valence-electron chi connectivity index (χ3n) is 6.41.